The zero-order valence-electron chi connectivity index (χ0n) is 16.8. The molecular weight excluding hydrogens is 430 g/mol. The summed E-state index contributed by atoms with van der Waals surface area (Å²) >= 11 is 7.47. The molecule has 3 heterocycles. The van der Waals surface area contributed by atoms with Crippen LogP contribution in [0.2, 0.25) is 5.02 Å². The molecule has 0 atom stereocenters. The average Bonchev–Trinajstić information content (AvgIpc) is 3.47. The minimum atomic E-state index is 0.0292. The van der Waals surface area contributed by atoms with Gasteiger partial charge in [-0.3, -0.25) is 0 Å². The number of benzene rings is 2. The maximum atomic E-state index is 11.1. The van der Waals surface area contributed by atoms with Gasteiger partial charge in [-0.2, -0.15) is 14.9 Å². The summed E-state index contributed by atoms with van der Waals surface area (Å²) in [5, 5.41) is 23.5. The van der Waals surface area contributed by atoms with Gasteiger partial charge in [0.1, 0.15) is 0 Å². The molecule has 0 saturated carbocycles. The Bertz CT molecular complexity index is 1370. The molecule has 3 aromatic heterocycles. The number of aromatic hydroxyl groups is 1. The predicted octanol–water partition coefficient (Wildman–Crippen LogP) is 5.82. The summed E-state index contributed by atoms with van der Waals surface area (Å²) in [6.45, 7) is 3.78. The molecule has 0 unspecified atom stereocenters. The fraction of sp³-hybridized carbons (Fsp3) is 0.0870. The summed E-state index contributed by atoms with van der Waals surface area (Å²) in [4.78, 5) is 4.68. The maximum Gasteiger partial charge on any atom is 0.226 e. The van der Waals surface area contributed by atoms with Crippen LogP contribution in [-0.4, -0.2) is 29.7 Å². The van der Waals surface area contributed by atoms with Gasteiger partial charge < -0.3 is 5.11 Å². The van der Waals surface area contributed by atoms with E-state index in [0.717, 1.165) is 28.3 Å². The van der Waals surface area contributed by atoms with E-state index >= 15 is 0 Å². The van der Waals surface area contributed by atoms with E-state index in [4.69, 9.17) is 11.6 Å². The van der Waals surface area contributed by atoms with Gasteiger partial charge in [0.25, 0.3) is 0 Å². The van der Waals surface area contributed by atoms with Crippen LogP contribution < -0.4 is 0 Å². The van der Waals surface area contributed by atoms with Gasteiger partial charge in [-0.15, -0.1) is 11.3 Å². The summed E-state index contributed by atoms with van der Waals surface area (Å²) in [5.74, 6) is 0.0292. The van der Waals surface area contributed by atoms with Crippen molar-refractivity contribution in [1.82, 2.24) is 24.5 Å². The number of hydrogen-bond acceptors (Lipinski definition) is 5. The summed E-state index contributed by atoms with van der Waals surface area (Å²) in [7, 11) is 0. The summed E-state index contributed by atoms with van der Waals surface area (Å²) in [6, 6.07) is 19.3. The van der Waals surface area contributed by atoms with Crippen LogP contribution in [0.5, 0.6) is 5.88 Å². The standard InChI is InChI=1S/C23H18ClN5OS/c1-14-12-20(28(26-14)18-10-8-17(24)9-11-18)21-15(2)27-29(22(21)30)23-25-19(13-31-23)16-6-4-3-5-7-16/h3-13,30H,1-2H3. The number of hydrogen-bond donors (Lipinski definition) is 1. The van der Waals surface area contributed by atoms with E-state index in [1.807, 2.05) is 79.9 Å². The highest BCUT2D eigenvalue weighted by molar-refractivity contribution is 7.12. The molecule has 0 aliphatic rings. The first-order valence-corrected chi connectivity index (χ1v) is 10.9. The van der Waals surface area contributed by atoms with Crippen molar-refractivity contribution < 1.29 is 5.11 Å². The maximum absolute atomic E-state index is 11.1. The normalized spacial score (nSPS) is 11.2. The van der Waals surface area contributed by atoms with Crippen molar-refractivity contribution in [2.45, 2.75) is 13.8 Å². The Balaban J connectivity index is 1.60. The largest absolute Gasteiger partial charge is 0.493 e. The third-order valence-electron chi connectivity index (χ3n) is 4.94. The Labute approximate surface area is 188 Å². The van der Waals surface area contributed by atoms with E-state index < -0.39 is 0 Å². The second kappa shape index (κ2) is 7.68. The Morgan fingerprint density at radius 1 is 0.935 bits per heavy atom. The molecule has 2 aromatic carbocycles. The molecule has 31 heavy (non-hydrogen) atoms. The minimum absolute atomic E-state index is 0.0292. The van der Waals surface area contributed by atoms with Crippen LogP contribution in [0.1, 0.15) is 11.4 Å². The number of halogens is 1. The molecule has 0 radical (unpaired) electrons. The smallest absolute Gasteiger partial charge is 0.226 e. The van der Waals surface area contributed by atoms with Crippen molar-refractivity contribution in [3.05, 3.63) is 82.5 Å². The van der Waals surface area contributed by atoms with Crippen LogP contribution in [0, 0.1) is 13.8 Å². The zero-order chi connectivity index (χ0) is 21.5. The molecule has 0 fully saturated rings. The zero-order valence-corrected chi connectivity index (χ0v) is 18.4. The van der Waals surface area contributed by atoms with Crippen molar-refractivity contribution in [2.24, 2.45) is 0 Å². The molecule has 0 bridgehead atoms. The van der Waals surface area contributed by atoms with Crippen molar-refractivity contribution in [2.75, 3.05) is 0 Å². The number of rotatable bonds is 4. The van der Waals surface area contributed by atoms with E-state index in [9.17, 15) is 5.11 Å². The highest BCUT2D eigenvalue weighted by Crippen LogP contribution is 2.37. The number of aryl methyl sites for hydroxylation is 2. The van der Waals surface area contributed by atoms with Crippen LogP contribution in [0.4, 0.5) is 0 Å². The molecule has 0 spiro atoms. The monoisotopic (exact) mass is 447 g/mol. The van der Waals surface area contributed by atoms with E-state index in [-0.39, 0.29) is 5.88 Å². The van der Waals surface area contributed by atoms with Gasteiger partial charge in [0.15, 0.2) is 0 Å². The Morgan fingerprint density at radius 2 is 1.68 bits per heavy atom. The molecule has 6 nitrogen and oxygen atoms in total. The molecule has 1 N–H and O–H groups in total. The first kappa shape index (κ1) is 19.5. The van der Waals surface area contributed by atoms with Crippen LogP contribution in [-0.2, 0) is 0 Å². The number of nitrogens with zero attached hydrogens (tertiary/aromatic N) is 5. The van der Waals surface area contributed by atoms with Crippen molar-refractivity contribution in [3.63, 3.8) is 0 Å². The second-order valence-electron chi connectivity index (χ2n) is 7.14. The van der Waals surface area contributed by atoms with Gasteiger partial charge in [0.2, 0.25) is 11.0 Å². The van der Waals surface area contributed by atoms with Crippen molar-refractivity contribution in [3.8, 4) is 39.2 Å². The Morgan fingerprint density at radius 3 is 2.42 bits per heavy atom. The van der Waals surface area contributed by atoms with E-state index in [2.05, 4.69) is 15.2 Å². The fourth-order valence-corrected chi connectivity index (χ4v) is 4.42. The van der Waals surface area contributed by atoms with Crippen LogP contribution >= 0.6 is 22.9 Å². The third-order valence-corrected chi connectivity index (χ3v) is 6.01. The van der Waals surface area contributed by atoms with Gasteiger partial charge in [-0.05, 0) is 44.2 Å². The van der Waals surface area contributed by atoms with Gasteiger partial charge in [0, 0.05) is 16.0 Å². The Hall–Kier alpha value is -3.42. The SMILES string of the molecule is Cc1cc(-c2c(C)nn(-c3nc(-c4ccccc4)cs3)c2O)n(-c2ccc(Cl)cc2)n1. The first-order chi connectivity index (χ1) is 15.0. The lowest BCUT2D eigenvalue weighted by Gasteiger charge is -2.07. The van der Waals surface area contributed by atoms with Gasteiger partial charge in [-0.25, -0.2) is 9.67 Å². The fourth-order valence-electron chi connectivity index (χ4n) is 3.51. The van der Waals surface area contributed by atoms with Crippen molar-refractivity contribution >= 4 is 22.9 Å². The lowest BCUT2D eigenvalue weighted by Crippen LogP contribution is -1.99. The highest BCUT2D eigenvalue weighted by atomic mass is 35.5. The molecule has 154 valence electrons. The summed E-state index contributed by atoms with van der Waals surface area (Å²) < 4.78 is 3.27. The number of aromatic nitrogens is 5. The quantitative estimate of drug-likeness (QED) is 0.376. The van der Waals surface area contributed by atoms with Gasteiger partial charge in [0.05, 0.1) is 34.0 Å². The first-order valence-electron chi connectivity index (χ1n) is 9.64. The molecule has 5 aromatic rings. The van der Waals surface area contributed by atoms with Crippen LogP contribution in [0.3, 0.4) is 0 Å². The molecular formula is C23H18ClN5OS. The van der Waals surface area contributed by atoms with E-state index in [0.29, 0.717) is 21.4 Å². The average molecular weight is 448 g/mol. The predicted molar refractivity (Wildman–Crippen MR) is 123 cm³/mol. The highest BCUT2D eigenvalue weighted by Gasteiger charge is 2.23. The summed E-state index contributed by atoms with van der Waals surface area (Å²) in [6.07, 6.45) is 0. The molecule has 0 aliphatic carbocycles. The minimum Gasteiger partial charge on any atom is -0.493 e. The van der Waals surface area contributed by atoms with E-state index in [1.54, 1.807) is 4.68 Å². The summed E-state index contributed by atoms with van der Waals surface area (Å²) in [5.41, 5.74) is 5.59. The lowest BCUT2D eigenvalue weighted by atomic mass is 10.1. The van der Waals surface area contributed by atoms with Crippen molar-refractivity contribution in [1.29, 1.82) is 0 Å². The molecule has 5 rings (SSSR count). The Kier molecular flexibility index (Phi) is 4.84. The van der Waals surface area contributed by atoms with Gasteiger partial charge >= 0.3 is 0 Å². The topological polar surface area (TPSA) is 68.8 Å². The molecule has 8 heteroatoms. The molecule has 0 aliphatic heterocycles. The molecule has 0 amide bonds. The molecule has 0 saturated heterocycles. The van der Waals surface area contributed by atoms with Crippen LogP contribution in [0.15, 0.2) is 66.0 Å². The lowest BCUT2D eigenvalue weighted by molar-refractivity contribution is 0.434. The number of thiazole rings is 1. The second-order valence-corrected chi connectivity index (χ2v) is 8.41. The van der Waals surface area contributed by atoms with Crippen LogP contribution in [0.25, 0.3) is 33.3 Å². The van der Waals surface area contributed by atoms with Gasteiger partial charge in [-0.1, -0.05) is 41.9 Å². The third kappa shape index (κ3) is 3.52. The van der Waals surface area contributed by atoms with E-state index in [1.165, 1.54) is 16.0 Å².